The van der Waals surface area contributed by atoms with Crippen LogP contribution in [0.25, 0.3) is 0 Å². The van der Waals surface area contributed by atoms with E-state index < -0.39 is 0 Å². The molecule has 0 aliphatic carbocycles. The molecule has 2 aliphatic rings. The molecule has 3 rings (SSSR count). The normalized spacial score (nSPS) is 29.5. The number of aromatic nitrogens is 1. The fourth-order valence-corrected chi connectivity index (χ4v) is 3.76. The maximum absolute atomic E-state index is 4.67. The molecule has 0 amide bonds. The second kappa shape index (κ2) is 4.00. The van der Waals surface area contributed by atoms with Gasteiger partial charge in [0.2, 0.25) is 0 Å². The Morgan fingerprint density at radius 2 is 2.25 bits per heavy atom. The van der Waals surface area contributed by atoms with Gasteiger partial charge in [-0.15, -0.1) is 11.3 Å². The largest absolute Gasteiger partial charge is 0.348 e. The van der Waals surface area contributed by atoms with Gasteiger partial charge in [-0.05, 0) is 39.2 Å². The zero-order chi connectivity index (χ0) is 11.1. The van der Waals surface area contributed by atoms with E-state index in [1.807, 2.05) is 11.3 Å². The molecule has 2 unspecified atom stereocenters. The molecule has 4 heteroatoms. The number of piperidine rings is 1. The molecule has 88 valence electrons. The van der Waals surface area contributed by atoms with E-state index in [4.69, 9.17) is 0 Å². The van der Waals surface area contributed by atoms with Crippen LogP contribution in [0.5, 0.6) is 0 Å². The van der Waals surface area contributed by atoms with Crippen molar-refractivity contribution in [2.45, 2.75) is 32.7 Å². The lowest BCUT2D eigenvalue weighted by molar-refractivity contribution is 0.376. The van der Waals surface area contributed by atoms with E-state index in [0.717, 1.165) is 12.0 Å². The topological polar surface area (TPSA) is 28.2 Å². The van der Waals surface area contributed by atoms with Crippen LogP contribution in [0.4, 0.5) is 5.13 Å². The minimum atomic E-state index is 0.776. The lowest BCUT2D eigenvalue weighted by Gasteiger charge is -2.34. The van der Waals surface area contributed by atoms with E-state index in [-0.39, 0.29) is 0 Å². The van der Waals surface area contributed by atoms with Gasteiger partial charge in [-0.3, -0.25) is 0 Å². The second-order valence-electron chi connectivity index (χ2n) is 4.98. The fraction of sp³-hybridized carbons (Fsp3) is 0.750. The third kappa shape index (κ3) is 1.74. The molecule has 2 aliphatic heterocycles. The highest BCUT2D eigenvalue weighted by atomic mass is 32.1. The predicted molar refractivity (Wildman–Crippen MR) is 68.3 cm³/mol. The summed E-state index contributed by atoms with van der Waals surface area (Å²) in [6.07, 6.45) is 2.62. The molecule has 2 fully saturated rings. The molecule has 0 bridgehead atoms. The number of nitrogens with one attached hydrogen (secondary N) is 1. The molecule has 0 aromatic carbocycles. The molecular formula is C12H19N3S. The third-order valence-electron chi connectivity index (χ3n) is 3.94. The van der Waals surface area contributed by atoms with E-state index in [0.29, 0.717) is 0 Å². The fourth-order valence-electron chi connectivity index (χ4n) is 2.81. The van der Waals surface area contributed by atoms with Crippen LogP contribution >= 0.6 is 11.3 Å². The first kappa shape index (κ1) is 10.5. The number of anilines is 1. The summed E-state index contributed by atoms with van der Waals surface area (Å²) in [5, 5.41) is 4.84. The molecule has 0 spiro atoms. The number of aryl methyl sites for hydroxylation is 2. The van der Waals surface area contributed by atoms with Crippen LogP contribution in [0.3, 0.4) is 0 Å². The third-order valence-corrected chi connectivity index (χ3v) is 5.08. The molecule has 1 N–H and O–H groups in total. The van der Waals surface area contributed by atoms with Gasteiger partial charge >= 0.3 is 0 Å². The Balaban J connectivity index is 1.76. The molecule has 2 saturated heterocycles. The Morgan fingerprint density at radius 1 is 1.38 bits per heavy atom. The number of hydrogen-bond donors (Lipinski definition) is 1. The molecule has 16 heavy (non-hydrogen) atoms. The molecule has 1 aromatic heterocycles. The Morgan fingerprint density at radius 3 is 3.00 bits per heavy atom. The lowest BCUT2D eigenvalue weighted by atomic mass is 9.94. The van der Waals surface area contributed by atoms with Crippen molar-refractivity contribution >= 4 is 16.5 Å². The monoisotopic (exact) mass is 237 g/mol. The average molecular weight is 237 g/mol. The van der Waals surface area contributed by atoms with E-state index >= 15 is 0 Å². The van der Waals surface area contributed by atoms with Gasteiger partial charge in [0.05, 0.1) is 5.69 Å². The Kier molecular flexibility index (Phi) is 2.64. The molecule has 0 radical (unpaired) electrons. The summed E-state index contributed by atoms with van der Waals surface area (Å²) in [4.78, 5) is 8.52. The van der Waals surface area contributed by atoms with Crippen LogP contribution in [0.15, 0.2) is 0 Å². The quantitative estimate of drug-likeness (QED) is 0.809. The smallest absolute Gasteiger partial charge is 0.185 e. The van der Waals surface area contributed by atoms with Crippen LogP contribution in [-0.4, -0.2) is 30.7 Å². The second-order valence-corrected chi connectivity index (χ2v) is 6.16. The molecule has 1 aromatic rings. The molecule has 0 saturated carbocycles. The molecular weight excluding hydrogens is 218 g/mol. The molecule has 3 nitrogen and oxygen atoms in total. The van der Waals surface area contributed by atoms with Crippen LogP contribution in [-0.2, 0) is 0 Å². The van der Waals surface area contributed by atoms with Gasteiger partial charge in [0.25, 0.3) is 0 Å². The lowest BCUT2D eigenvalue weighted by Crippen LogP contribution is -2.44. The van der Waals surface area contributed by atoms with Crippen LogP contribution in [0.2, 0.25) is 0 Å². The van der Waals surface area contributed by atoms with Crippen LogP contribution < -0.4 is 10.2 Å². The maximum atomic E-state index is 4.67. The van der Waals surface area contributed by atoms with Gasteiger partial charge in [0.15, 0.2) is 5.13 Å². The van der Waals surface area contributed by atoms with Crippen molar-refractivity contribution in [1.82, 2.24) is 10.3 Å². The minimum Gasteiger partial charge on any atom is -0.348 e. The van der Waals surface area contributed by atoms with Gasteiger partial charge < -0.3 is 10.2 Å². The zero-order valence-corrected chi connectivity index (χ0v) is 10.8. The number of nitrogens with zero attached hydrogens (tertiary/aromatic N) is 2. The van der Waals surface area contributed by atoms with Gasteiger partial charge in [-0.2, -0.15) is 0 Å². The van der Waals surface area contributed by atoms with Gasteiger partial charge in [-0.25, -0.2) is 4.98 Å². The highest BCUT2D eigenvalue weighted by Gasteiger charge is 2.33. The number of rotatable bonds is 1. The minimum absolute atomic E-state index is 0.776. The summed E-state index contributed by atoms with van der Waals surface area (Å²) in [5.41, 5.74) is 1.20. The van der Waals surface area contributed by atoms with Crippen molar-refractivity contribution in [3.8, 4) is 0 Å². The predicted octanol–water partition coefficient (Wildman–Crippen LogP) is 1.95. The van der Waals surface area contributed by atoms with E-state index in [1.165, 1.54) is 48.2 Å². The number of hydrogen-bond acceptors (Lipinski definition) is 4. The summed E-state index contributed by atoms with van der Waals surface area (Å²) in [6.45, 7) is 7.85. The standard InChI is InChI=1S/C12H19N3S/c1-8-9(2)16-12(14-8)15-6-4-11-10(7-15)3-5-13-11/h10-11,13H,3-7H2,1-2H3. The van der Waals surface area contributed by atoms with Crippen LogP contribution in [0, 0.1) is 19.8 Å². The first-order valence-corrected chi connectivity index (χ1v) is 6.98. The summed E-state index contributed by atoms with van der Waals surface area (Å²) >= 11 is 1.85. The molecule has 3 heterocycles. The van der Waals surface area contributed by atoms with Crippen LogP contribution in [0.1, 0.15) is 23.4 Å². The van der Waals surface area contributed by atoms with Gasteiger partial charge in [0.1, 0.15) is 0 Å². The number of fused-ring (bicyclic) bond motifs is 1. The Labute approximate surface area is 101 Å². The van der Waals surface area contributed by atoms with Crippen molar-refractivity contribution in [3.05, 3.63) is 10.6 Å². The first-order valence-electron chi connectivity index (χ1n) is 6.16. The number of thiazole rings is 1. The van der Waals surface area contributed by atoms with E-state index in [9.17, 15) is 0 Å². The summed E-state index contributed by atoms with van der Waals surface area (Å²) in [7, 11) is 0. The summed E-state index contributed by atoms with van der Waals surface area (Å²) in [5.74, 6) is 0.846. The van der Waals surface area contributed by atoms with Crippen molar-refractivity contribution in [1.29, 1.82) is 0 Å². The Hall–Kier alpha value is -0.610. The van der Waals surface area contributed by atoms with Crippen molar-refractivity contribution in [3.63, 3.8) is 0 Å². The highest BCUT2D eigenvalue weighted by Crippen LogP contribution is 2.31. The zero-order valence-electron chi connectivity index (χ0n) is 9.99. The van der Waals surface area contributed by atoms with Crippen molar-refractivity contribution < 1.29 is 0 Å². The highest BCUT2D eigenvalue weighted by molar-refractivity contribution is 7.15. The van der Waals surface area contributed by atoms with E-state index in [2.05, 4.69) is 29.0 Å². The van der Waals surface area contributed by atoms with Crippen molar-refractivity contribution in [2.75, 3.05) is 24.5 Å². The molecule has 2 atom stereocenters. The SMILES string of the molecule is Cc1nc(N2CCC3NCCC3C2)sc1C. The summed E-state index contributed by atoms with van der Waals surface area (Å²) in [6, 6.07) is 0.776. The van der Waals surface area contributed by atoms with Gasteiger partial charge in [0, 0.05) is 24.0 Å². The van der Waals surface area contributed by atoms with E-state index in [1.54, 1.807) is 0 Å². The maximum Gasteiger partial charge on any atom is 0.185 e. The Bertz CT molecular complexity index is 368. The summed E-state index contributed by atoms with van der Waals surface area (Å²) < 4.78 is 0. The first-order chi connectivity index (χ1) is 7.74. The van der Waals surface area contributed by atoms with Gasteiger partial charge in [-0.1, -0.05) is 0 Å². The average Bonchev–Trinajstić information content (AvgIpc) is 2.85. The van der Waals surface area contributed by atoms with Crippen molar-refractivity contribution in [2.24, 2.45) is 5.92 Å².